The predicted molar refractivity (Wildman–Crippen MR) is 73.9 cm³/mol. The molecule has 0 aliphatic carbocycles. The number of nitrogens with zero attached hydrogens (tertiary/aromatic N) is 1. The average Bonchev–Trinajstić information content (AvgIpc) is 2.46. The lowest BCUT2D eigenvalue weighted by atomic mass is 10.1. The van der Waals surface area contributed by atoms with E-state index in [1.165, 1.54) is 18.2 Å². The fourth-order valence-electron chi connectivity index (χ4n) is 2.07. The van der Waals surface area contributed by atoms with E-state index in [-0.39, 0.29) is 5.75 Å². The highest BCUT2D eigenvalue weighted by Crippen LogP contribution is 2.27. The van der Waals surface area contributed by atoms with Gasteiger partial charge in [-0.3, -0.25) is 0 Å². The third kappa shape index (κ3) is 3.13. The lowest BCUT2D eigenvalue weighted by Gasteiger charge is -2.09. The number of rotatable bonds is 2. The van der Waals surface area contributed by atoms with Crippen molar-refractivity contribution in [3.05, 3.63) is 60.7 Å². The molecule has 0 bridgehead atoms. The summed E-state index contributed by atoms with van der Waals surface area (Å²) in [5.41, 5.74) is 2.34. The van der Waals surface area contributed by atoms with Crippen molar-refractivity contribution in [2.45, 2.75) is 6.36 Å². The predicted octanol–water partition coefficient (Wildman–Crippen LogP) is 4.80. The quantitative estimate of drug-likeness (QED) is 0.676. The molecule has 0 atom stereocenters. The SMILES string of the molecule is FC(F)(F)Oc1ccc2nc(-c3ccccc3)ccc2c1. The molecule has 0 aliphatic rings. The van der Waals surface area contributed by atoms with Gasteiger partial charge in [0.25, 0.3) is 0 Å². The van der Waals surface area contributed by atoms with E-state index in [2.05, 4.69) is 9.72 Å². The highest BCUT2D eigenvalue weighted by atomic mass is 19.4. The van der Waals surface area contributed by atoms with Crippen molar-refractivity contribution >= 4 is 10.9 Å². The first-order valence-electron chi connectivity index (χ1n) is 6.23. The number of alkyl halides is 3. The summed E-state index contributed by atoms with van der Waals surface area (Å²) in [4.78, 5) is 4.45. The van der Waals surface area contributed by atoms with Gasteiger partial charge in [0.05, 0.1) is 11.2 Å². The summed E-state index contributed by atoms with van der Waals surface area (Å²) in [7, 11) is 0. The van der Waals surface area contributed by atoms with Crippen LogP contribution < -0.4 is 4.74 Å². The summed E-state index contributed by atoms with van der Waals surface area (Å²) in [6.07, 6.45) is -4.69. The third-order valence-corrected chi connectivity index (χ3v) is 2.96. The van der Waals surface area contributed by atoms with Gasteiger partial charge < -0.3 is 4.74 Å². The summed E-state index contributed by atoms with van der Waals surface area (Å²) in [6, 6.07) is 17.2. The standard InChI is InChI=1S/C16H10F3NO/c17-16(18,19)21-13-7-9-15-12(10-13)6-8-14(20-15)11-4-2-1-3-5-11/h1-10H. The molecule has 0 radical (unpaired) electrons. The van der Waals surface area contributed by atoms with E-state index in [1.54, 1.807) is 12.1 Å². The number of aromatic nitrogens is 1. The minimum absolute atomic E-state index is 0.246. The maximum Gasteiger partial charge on any atom is 0.573 e. The molecular formula is C16H10F3NO. The Balaban J connectivity index is 1.99. The monoisotopic (exact) mass is 289 g/mol. The zero-order valence-corrected chi connectivity index (χ0v) is 10.8. The van der Waals surface area contributed by atoms with E-state index in [4.69, 9.17) is 0 Å². The van der Waals surface area contributed by atoms with Gasteiger partial charge in [-0.15, -0.1) is 13.2 Å². The van der Waals surface area contributed by atoms with Crippen molar-refractivity contribution < 1.29 is 17.9 Å². The first-order chi connectivity index (χ1) is 10.0. The van der Waals surface area contributed by atoms with E-state index < -0.39 is 6.36 Å². The van der Waals surface area contributed by atoms with Crippen LogP contribution in [0.3, 0.4) is 0 Å². The zero-order valence-electron chi connectivity index (χ0n) is 10.8. The molecular weight excluding hydrogens is 279 g/mol. The van der Waals surface area contributed by atoms with Gasteiger partial charge >= 0.3 is 6.36 Å². The minimum Gasteiger partial charge on any atom is -0.406 e. The number of hydrogen-bond donors (Lipinski definition) is 0. The Hall–Kier alpha value is -2.56. The van der Waals surface area contributed by atoms with Crippen molar-refractivity contribution in [1.29, 1.82) is 0 Å². The van der Waals surface area contributed by atoms with E-state index in [1.807, 2.05) is 30.3 Å². The van der Waals surface area contributed by atoms with Crippen LogP contribution in [0.2, 0.25) is 0 Å². The minimum atomic E-state index is -4.69. The number of ether oxygens (including phenoxy) is 1. The molecule has 2 nitrogen and oxygen atoms in total. The van der Waals surface area contributed by atoms with Crippen LogP contribution in [0, 0.1) is 0 Å². The van der Waals surface area contributed by atoms with Crippen LogP contribution in [0.25, 0.3) is 22.2 Å². The van der Waals surface area contributed by atoms with Crippen molar-refractivity contribution in [2.75, 3.05) is 0 Å². The summed E-state index contributed by atoms with van der Waals surface area (Å²) in [6.45, 7) is 0. The lowest BCUT2D eigenvalue weighted by Crippen LogP contribution is -2.17. The molecule has 0 N–H and O–H groups in total. The van der Waals surface area contributed by atoms with Gasteiger partial charge in [0.15, 0.2) is 0 Å². The van der Waals surface area contributed by atoms with Crippen LogP contribution >= 0.6 is 0 Å². The van der Waals surface area contributed by atoms with Gasteiger partial charge in [-0.2, -0.15) is 0 Å². The second-order valence-corrected chi connectivity index (χ2v) is 4.46. The normalized spacial score (nSPS) is 11.6. The Morgan fingerprint density at radius 3 is 2.33 bits per heavy atom. The van der Waals surface area contributed by atoms with E-state index >= 15 is 0 Å². The van der Waals surface area contributed by atoms with Crippen LogP contribution in [0.1, 0.15) is 0 Å². The number of hydrogen-bond acceptors (Lipinski definition) is 2. The molecule has 2 aromatic carbocycles. The second kappa shape index (κ2) is 5.09. The average molecular weight is 289 g/mol. The summed E-state index contributed by atoms with van der Waals surface area (Å²) >= 11 is 0. The molecule has 1 heterocycles. The molecule has 0 aliphatic heterocycles. The number of halogens is 3. The molecule has 3 rings (SSSR count). The van der Waals surface area contributed by atoms with Gasteiger partial charge in [-0.25, -0.2) is 4.98 Å². The third-order valence-electron chi connectivity index (χ3n) is 2.96. The largest absolute Gasteiger partial charge is 0.573 e. The van der Waals surface area contributed by atoms with Crippen LogP contribution in [-0.2, 0) is 0 Å². The Kier molecular flexibility index (Phi) is 3.25. The molecule has 0 amide bonds. The van der Waals surface area contributed by atoms with Crippen molar-refractivity contribution in [1.82, 2.24) is 4.98 Å². The Labute approximate surface area is 118 Å². The van der Waals surface area contributed by atoms with Gasteiger partial charge in [0.2, 0.25) is 0 Å². The van der Waals surface area contributed by atoms with Crippen molar-refractivity contribution in [2.24, 2.45) is 0 Å². The molecule has 1 aromatic heterocycles. The number of pyridine rings is 1. The first kappa shape index (κ1) is 13.4. The maximum atomic E-state index is 12.2. The Morgan fingerprint density at radius 1 is 0.857 bits per heavy atom. The molecule has 0 fully saturated rings. The molecule has 0 saturated carbocycles. The van der Waals surface area contributed by atoms with E-state index in [0.29, 0.717) is 10.9 Å². The smallest absolute Gasteiger partial charge is 0.406 e. The van der Waals surface area contributed by atoms with Gasteiger partial charge in [0.1, 0.15) is 5.75 Å². The summed E-state index contributed by atoms with van der Waals surface area (Å²) in [5, 5.41) is 0.594. The van der Waals surface area contributed by atoms with Gasteiger partial charge in [0, 0.05) is 10.9 Å². The topological polar surface area (TPSA) is 22.1 Å². The molecule has 21 heavy (non-hydrogen) atoms. The fourth-order valence-corrected chi connectivity index (χ4v) is 2.07. The number of fused-ring (bicyclic) bond motifs is 1. The van der Waals surface area contributed by atoms with Crippen LogP contribution in [-0.4, -0.2) is 11.3 Å². The summed E-state index contributed by atoms with van der Waals surface area (Å²) in [5.74, 6) is -0.246. The molecule has 0 spiro atoms. The molecule has 5 heteroatoms. The van der Waals surface area contributed by atoms with E-state index in [0.717, 1.165) is 11.3 Å². The van der Waals surface area contributed by atoms with Crippen molar-refractivity contribution in [3.8, 4) is 17.0 Å². The van der Waals surface area contributed by atoms with Gasteiger partial charge in [-0.1, -0.05) is 36.4 Å². The van der Waals surface area contributed by atoms with E-state index in [9.17, 15) is 13.2 Å². The van der Waals surface area contributed by atoms with Gasteiger partial charge in [-0.05, 0) is 24.3 Å². The molecule has 3 aromatic rings. The Morgan fingerprint density at radius 2 is 1.62 bits per heavy atom. The fraction of sp³-hybridized carbons (Fsp3) is 0.0625. The summed E-state index contributed by atoms with van der Waals surface area (Å²) < 4.78 is 40.5. The van der Waals surface area contributed by atoms with Crippen molar-refractivity contribution in [3.63, 3.8) is 0 Å². The zero-order chi connectivity index (χ0) is 14.9. The first-order valence-corrected chi connectivity index (χ1v) is 6.23. The molecule has 0 saturated heterocycles. The second-order valence-electron chi connectivity index (χ2n) is 4.46. The lowest BCUT2D eigenvalue weighted by molar-refractivity contribution is -0.274. The maximum absolute atomic E-state index is 12.2. The molecule has 0 unspecified atom stereocenters. The number of benzene rings is 2. The molecule has 106 valence electrons. The Bertz CT molecular complexity index is 769. The van der Waals surface area contributed by atoms with Crippen LogP contribution in [0.4, 0.5) is 13.2 Å². The highest BCUT2D eigenvalue weighted by Gasteiger charge is 2.31. The highest BCUT2D eigenvalue weighted by molar-refractivity contribution is 5.82. The van der Waals surface area contributed by atoms with Crippen LogP contribution in [0.5, 0.6) is 5.75 Å². The van der Waals surface area contributed by atoms with Crippen LogP contribution in [0.15, 0.2) is 60.7 Å².